The molecule has 0 fully saturated rings. The van der Waals surface area contributed by atoms with Crippen LogP contribution >= 0.6 is 0 Å². The third-order valence-electron chi connectivity index (χ3n) is 3.92. The van der Waals surface area contributed by atoms with Crippen molar-refractivity contribution in [3.8, 4) is 0 Å². The molecule has 1 heterocycles. The van der Waals surface area contributed by atoms with Gasteiger partial charge in [0.15, 0.2) is 0 Å². The molecule has 0 bridgehead atoms. The average molecular weight is 331 g/mol. The van der Waals surface area contributed by atoms with Crippen molar-refractivity contribution in [2.45, 2.75) is 13.8 Å². The molecule has 3 aromatic rings. The van der Waals surface area contributed by atoms with Crippen LogP contribution < -0.4 is 10.2 Å². The number of aryl methyl sites for hydroxylation is 1. The Morgan fingerprint density at radius 2 is 1.80 bits per heavy atom. The zero-order valence-corrected chi connectivity index (χ0v) is 14.4. The number of anilines is 3. The van der Waals surface area contributed by atoms with Crippen molar-refractivity contribution >= 4 is 23.0 Å². The molecule has 25 heavy (non-hydrogen) atoms. The van der Waals surface area contributed by atoms with Crippen molar-refractivity contribution in [1.82, 2.24) is 4.98 Å². The van der Waals surface area contributed by atoms with E-state index in [1.54, 1.807) is 17.3 Å². The monoisotopic (exact) mass is 331 g/mol. The van der Waals surface area contributed by atoms with E-state index >= 15 is 0 Å². The second-order valence-corrected chi connectivity index (χ2v) is 5.84. The standard InChI is InChI=1S/C21H21N3O/c1-3-24(20-11-7-8-16(2)12-20)21(25)17-13-19(15-22-14-17)23-18-9-5-4-6-10-18/h4-15,23H,3H2,1-2H3. The van der Waals surface area contributed by atoms with Crippen LogP contribution in [0.4, 0.5) is 17.1 Å². The highest BCUT2D eigenvalue weighted by molar-refractivity contribution is 6.06. The maximum absolute atomic E-state index is 13.0. The van der Waals surface area contributed by atoms with Crippen LogP contribution in [0.2, 0.25) is 0 Å². The van der Waals surface area contributed by atoms with Crippen LogP contribution in [0.15, 0.2) is 73.1 Å². The van der Waals surface area contributed by atoms with Crippen molar-refractivity contribution in [2.24, 2.45) is 0 Å². The van der Waals surface area contributed by atoms with E-state index in [0.29, 0.717) is 12.1 Å². The lowest BCUT2D eigenvalue weighted by molar-refractivity contribution is 0.0988. The summed E-state index contributed by atoms with van der Waals surface area (Å²) in [4.78, 5) is 18.9. The van der Waals surface area contributed by atoms with Gasteiger partial charge in [-0.25, -0.2) is 0 Å². The van der Waals surface area contributed by atoms with Crippen LogP contribution in [0.3, 0.4) is 0 Å². The first kappa shape index (κ1) is 16.7. The van der Waals surface area contributed by atoms with E-state index < -0.39 is 0 Å². The molecule has 4 nitrogen and oxygen atoms in total. The van der Waals surface area contributed by atoms with Gasteiger partial charge in [-0.05, 0) is 49.7 Å². The summed E-state index contributed by atoms with van der Waals surface area (Å²) >= 11 is 0. The topological polar surface area (TPSA) is 45.2 Å². The summed E-state index contributed by atoms with van der Waals surface area (Å²) in [6.07, 6.45) is 3.32. The number of para-hydroxylation sites is 1. The number of hydrogen-bond donors (Lipinski definition) is 1. The summed E-state index contributed by atoms with van der Waals surface area (Å²) in [5.74, 6) is -0.0580. The molecule has 2 aromatic carbocycles. The maximum atomic E-state index is 13.0. The molecule has 126 valence electrons. The summed E-state index contributed by atoms with van der Waals surface area (Å²) in [6.45, 7) is 4.59. The predicted octanol–water partition coefficient (Wildman–Crippen LogP) is 4.80. The lowest BCUT2D eigenvalue weighted by Crippen LogP contribution is -2.30. The predicted molar refractivity (Wildman–Crippen MR) is 102 cm³/mol. The number of carbonyl (C=O) groups is 1. The zero-order valence-electron chi connectivity index (χ0n) is 14.4. The van der Waals surface area contributed by atoms with E-state index in [-0.39, 0.29) is 5.91 Å². The first-order chi connectivity index (χ1) is 12.2. The Hall–Kier alpha value is -3.14. The van der Waals surface area contributed by atoms with Gasteiger partial charge in [-0.3, -0.25) is 9.78 Å². The highest BCUT2D eigenvalue weighted by Gasteiger charge is 2.17. The lowest BCUT2D eigenvalue weighted by Gasteiger charge is -2.21. The third kappa shape index (κ3) is 4.04. The van der Waals surface area contributed by atoms with Crippen LogP contribution in [0, 0.1) is 6.92 Å². The van der Waals surface area contributed by atoms with Gasteiger partial charge < -0.3 is 10.2 Å². The molecule has 0 aliphatic heterocycles. The van der Waals surface area contributed by atoms with Gasteiger partial charge in [0.1, 0.15) is 0 Å². The Balaban J connectivity index is 1.85. The van der Waals surface area contributed by atoms with Crippen LogP contribution in [0.25, 0.3) is 0 Å². The molecule has 1 N–H and O–H groups in total. The molecule has 0 radical (unpaired) electrons. The molecule has 3 rings (SSSR count). The van der Waals surface area contributed by atoms with Gasteiger partial charge in [-0.15, -0.1) is 0 Å². The molecule has 0 spiro atoms. The van der Waals surface area contributed by atoms with E-state index in [4.69, 9.17) is 0 Å². The molecular formula is C21H21N3O. The number of carbonyl (C=O) groups excluding carboxylic acids is 1. The Bertz CT molecular complexity index is 862. The van der Waals surface area contributed by atoms with Crippen LogP contribution in [-0.2, 0) is 0 Å². The summed E-state index contributed by atoms with van der Waals surface area (Å²) in [6, 6.07) is 19.6. The number of hydrogen-bond acceptors (Lipinski definition) is 3. The van der Waals surface area contributed by atoms with Gasteiger partial charge in [-0.2, -0.15) is 0 Å². The average Bonchev–Trinajstić information content (AvgIpc) is 2.63. The highest BCUT2D eigenvalue weighted by Crippen LogP contribution is 2.21. The Labute approximate surface area is 148 Å². The van der Waals surface area contributed by atoms with Gasteiger partial charge in [0, 0.05) is 24.1 Å². The van der Waals surface area contributed by atoms with Gasteiger partial charge in [-0.1, -0.05) is 30.3 Å². The molecule has 0 atom stereocenters. The number of rotatable bonds is 5. The van der Waals surface area contributed by atoms with E-state index in [2.05, 4.69) is 10.3 Å². The minimum atomic E-state index is -0.0580. The fraction of sp³-hybridized carbons (Fsp3) is 0.143. The molecule has 4 heteroatoms. The van der Waals surface area contributed by atoms with E-state index in [0.717, 1.165) is 22.6 Å². The Morgan fingerprint density at radius 1 is 1.00 bits per heavy atom. The Morgan fingerprint density at radius 3 is 2.52 bits per heavy atom. The summed E-state index contributed by atoms with van der Waals surface area (Å²) in [5, 5.41) is 3.27. The van der Waals surface area contributed by atoms with Gasteiger partial charge in [0.05, 0.1) is 17.4 Å². The molecule has 0 unspecified atom stereocenters. The largest absolute Gasteiger partial charge is 0.354 e. The quantitative estimate of drug-likeness (QED) is 0.730. The number of benzene rings is 2. The first-order valence-corrected chi connectivity index (χ1v) is 8.33. The minimum Gasteiger partial charge on any atom is -0.354 e. The second-order valence-electron chi connectivity index (χ2n) is 5.84. The molecule has 0 saturated carbocycles. The van der Waals surface area contributed by atoms with Crippen LogP contribution in [-0.4, -0.2) is 17.4 Å². The van der Waals surface area contributed by atoms with E-state index in [9.17, 15) is 4.79 Å². The van der Waals surface area contributed by atoms with Gasteiger partial charge in [0.25, 0.3) is 5.91 Å². The molecule has 1 aromatic heterocycles. The molecule has 0 aliphatic rings. The van der Waals surface area contributed by atoms with Crippen molar-refractivity contribution < 1.29 is 4.79 Å². The van der Waals surface area contributed by atoms with Gasteiger partial charge in [0.2, 0.25) is 0 Å². The number of nitrogens with zero attached hydrogens (tertiary/aromatic N) is 2. The molecule has 1 amide bonds. The number of pyridine rings is 1. The van der Waals surface area contributed by atoms with Crippen LogP contribution in [0.5, 0.6) is 0 Å². The normalized spacial score (nSPS) is 10.3. The highest BCUT2D eigenvalue weighted by atomic mass is 16.2. The summed E-state index contributed by atoms with van der Waals surface area (Å²) < 4.78 is 0. The smallest absolute Gasteiger partial charge is 0.259 e. The summed E-state index contributed by atoms with van der Waals surface area (Å²) in [7, 11) is 0. The molecular weight excluding hydrogens is 310 g/mol. The van der Waals surface area contributed by atoms with Crippen molar-refractivity contribution in [2.75, 3.05) is 16.8 Å². The Kier molecular flexibility index (Phi) is 5.09. The van der Waals surface area contributed by atoms with Gasteiger partial charge >= 0.3 is 0 Å². The summed E-state index contributed by atoms with van der Waals surface area (Å²) in [5.41, 5.74) is 4.33. The van der Waals surface area contributed by atoms with Crippen molar-refractivity contribution in [1.29, 1.82) is 0 Å². The number of aromatic nitrogens is 1. The van der Waals surface area contributed by atoms with Crippen molar-refractivity contribution in [3.63, 3.8) is 0 Å². The number of amides is 1. The fourth-order valence-electron chi connectivity index (χ4n) is 2.71. The fourth-order valence-corrected chi connectivity index (χ4v) is 2.71. The lowest BCUT2D eigenvalue weighted by atomic mass is 10.1. The molecule has 0 saturated heterocycles. The maximum Gasteiger partial charge on any atom is 0.259 e. The second kappa shape index (κ2) is 7.62. The zero-order chi connectivity index (χ0) is 17.6. The third-order valence-corrected chi connectivity index (χ3v) is 3.92. The van der Waals surface area contributed by atoms with Crippen LogP contribution in [0.1, 0.15) is 22.8 Å². The SMILES string of the molecule is CCN(C(=O)c1cncc(Nc2ccccc2)c1)c1cccc(C)c1. The van der Waals surface area contributed by atoms with E-state index in [1.807, 2.05) is 74.5 Å². The molecule has 0 aliphatic carbocycles. The van der Waals surface area contributed by atoms with Crippen molar-refractivity contribution in [3.05, 3.63) is 84.2 Å². The first-order valence-electron chi connectivity index (χ1n) is 8.33. The van der Waals surface area contributed by atoms with E-state index in [1.165, 1.54) is 0 Å². The number of nitrogens with one attached hydrogen (secondary N) is 1. The minimum absolute atomic E-state index is 0.0580.